The minimum atomic E-state index is -1.02. The Balaban J connectivity index is 1.40. The molecule has 4 aromatic rings. The first-order valence-electron chi connectivity index (χ1n) is 13.2. The number of amides is 1. The molecule has 3 aromatic carbocycles. The van der Waals surface area contributed by atoms with Gasteiger partial charge in [-0.2, -0.15) is 0 Å². The molecule has 0 spiro atoms. The van der Waals surface area contributed by atoms with Gasteiger partial charge in [-0.15, -0.1) is 10.2 Å². The van der Waals surface area contributed by atoms with Crippen molar-refractivity contribution >= 4 is 63.3 Å². The van der Waals surface area contributed by atoms with Crippen molar-refractivity contribution in [2.24, 2.45) is 0 Å². The number of ketones is 1. The van der Waals surface area contributed by atoms with Crippen LogP contribution in [0.4, 0.5) is 5.13 Å². The number of esters is 1. The van der Waals surface area contributed by atoms with Crippen LogP contribution in [0.2, 0.25) is 5.02 Å². The molecule has 2 atom stereocenters. The fourth-order valence-corrected chi connectivity index (χ4v) is 7.26. The van der Waals surface area contributed by atoms with Crippen LogP contribution < -0.4 is 9.64 Å². The molecule has 1 amide bonds. The van der Waals surface area contributed by atoms with E-state index in [-0.39, 0.29) is 22.6 Å². The second-order valence-electron chi connectivity index (χ2n) is 9.97. The lowest BCUT2D eigenvalue weighted by molar-refractivity contribution is -0.132. The number of aliphatic hydroxyl groups is 1. The number of nitrogens with zero attached hydrogens (tertiary/aromatic N) is 3. The van der Waals surface area contributed by atoms with Gasteiger partial charge in [0, 0.05) is 22.8 Å². The summed E-state index contributed by atoms with van der Waals surface area (Å²) in [5.74, 6) is -1.30. The molecule has 12 heteroatoms. The number of ether oxygens (including phenoxy) is 2. The molecule has 6 rings (SSSR count). The summed E-state index contributed by atoms with van der Waals surface area (Å²) in [6.45, 7) is 1.95. The summed E-state index contributed by atoms with van der Waals surface area (Å²) in [5, 5.41) is 20.9. The molecule has 2 aliphatic heterocycles. The van der Waals surface area contributed by atoms with Crippen molar-refractivity contribution in [3.63, 3.8) is 0 Å². The third-order valence-corrected chi connectivity index (χ3v) is 9.65. The number of thioether (sulfide) groups is 1. The highest BCUT2D eigenvalue weighted by atomic mass is 35.5. The molecular formula is C31H24ClN3O6S2. The van der Waals surface area contributed by atoms with E-state index < -0.39 is 23.7 Å². The van der Waals surface area contributed by atoms with Crippen LogP contribution in [-0.4, -0.2) is 46.2 Å². The van der Waals surface area contributed by atoms with Crippen LogP contribution in [0.5, 0.6) is 5.75 Å². The number of aromatic nitrogens is 2. The minimum absolute atomic E-state index is 0.00585. The predicted molar refractivity (Wildman–Crippen MR) is 164 cm³/mol. The number of Topliss-reactive ketones (excluding diaryl/α,β-unsaturated/α-hetero) is 1. The summed E-state index contributed by atoms with van der Waals surface area (Å²) in [5.41, 5.74) is 2.90. The molecule has 0 radical (unpaired) electrons. The zero-order valence-electron chi connectivity index (χ0n) is 22.9. The fourth-order valence-electron chi connectivity index (χ4n) is 5.10. The van der Waals surface area contributed by atoms with Gasteiger partial charge < -0.3 is 14.6 Å². The Morgan fingerprint density at radius 3 is 2.60 bits per heavy atom. The Morgan fingerprint density at radius 1 is 1.12 bits per heavy atom. The average Bonchev–Trinajstić information content (AvgIpc) is 3.70. The van der Waals surface area contributed by atoms with E-state index in [0.717, 1.165) is 28.2 Å². The van der Waals surface area contributed by atoms with Gasteiger partial charge in [0.25, 0.3) is 5.78 Å². The quantitative estimate of drug-likeness (QED) is 0.0632. The fraction of sp³-hybridized carbons (Fsp3) is 0.194. The maximum absolute atomic E-state index is 13.6. The number of carbonyl (C=O) groups excluding carboxylic acids is 3. The maximum atomic E-state index is 13.6. The van der Waals surface area contributed by atoms with Crippen molar-refractivity contribution in [2.45, 2.75) is 35.6 Å². The molecule has 1 aromatic heterocycles. The lowest BCUT2D eigenvalue weighted by atomic mass is 9.94. The largest absolute Gasteiger partial charge is 0.507 e. The van der Waals surface area contributed by atoms with Gasteiger partial charge in [0.2, 0.25) is 5.13 Å². The van der Waals surface area contributed by atoms with Crippen molar-refractivity contribution in [3.05, 3.63) is 105 Å². The Hall–Kier alpha value is -4.19. The minimum Gasteiger partial charge on any atom is -0.507 e. The number of hydrogen-bond donors (Lipinski definition) is 1. The first-order valence-corrected chi connectivity index (χ1v) is 15.4. The lowest BCUT2D eigenvalue weighted by Crippen LogP contribution is -2.29. The molecule has 2 aliphatic rings. The van der Waals surface area contributed by atoms with Crippen LogP contribution in [0.15, 0.2) is 76.6 Å². The molecule has 0 unspecified atom stereocenters. The number of benzene rings is 3. The van der Waals surface area contributed by atoms with Crippen molar-refractivity contribution in [1.82, 2.24) is 10.2 Å². The van der Waals surface area contributed by atoms with Gasteiger partial charge in [0.15, 0.2) is 4.34 Å². The molecule has 9 nitrogen and oxygen atoms in total. The third kappa shape index (κ3) is 5.51. The third-order valence-electron chi connectivity index (χ3n) is 7.17. The van der Waals surface area contributed by atoms with E-state index >= 15 is 0 Å². The van der Waals surface area contributed by atoms with Crippen molar-refractivity contribution < 1.29 is 29.0 Å². The van der Waals surface area contributed by atoms with Crippen molar-refractivity contribution in [1.29, 1.82) is 0 Å². The normalized spacial score (nSPS) is 18.9. The first-order chi connectivity index (χ1) is 20.7. The number of halogens is 1. The first kappa shape index (κ1) is 28.9. The highest BCUT2D eigenvalue weighted by Crippen LogP contribution is 2.45. The SMILES string of the molecule is COC(=O)c1ccc([C@@H]2/C(=C(\O)c3ccc4c(c3)C[C@H](C)O4)C(=O)C(=O)N2c2nnc(SCc3ccccc3Cl)s2)cc1. The average molecular weight is 634 g/mol. The molecule has 3 heterocycles. The summed E-state index contributed by atoms with van der Waals surface area (Å²) >= 11 is 8.85. The second-order valence-corrected chi connectivity index (χ2v) is 12.6. The molecule has 0 bridgehead atoms. The number of fused-ring (bicyclic) bond motifs is 1. The van der Waals surface area contributed by atoms with Gasteiger partial charge >= 0.3 is 11.9 Å². The van der Waals surface area contributed by atoms with E-state index in [9.17, 15) is 19.5 Å². The molecule has 0 aliphatic carbocycles. The number of carbonyl (C=O) groups is 3. The number of aliphatic hydroxyl groups excluding tert-OH is 1. The van der Waals surface area contributed by atoms with E-state index in [2.05, 4.69) is 10.2 Å². The van der Waals surface area contributed by atoms with E-state index in [1.54, 1.807) is 42.5 Å². The van der Waals surface area contributed by atoms with Crippen LogP contribution in [-0.2, 0) is 26.5 Å². The molecular weight excluding hydrogens is 610 g/mol. The van der Waals surface area contributed by atoms with Crippen LogP contribution >= 0.6 is 34.7 Å². The van der Waals surface area contributed by atoms with Crippen LogP contribution in [0.1, 0.15) is 45.6 Å². The Kier molecular flexibility index (Phi) is 7.95. The number of hydrogen-bond acceptors (Lipinski definition) is 10. The highest BCUT2D eigenvalue weighted by Gasteiger charge is 2.48. The standard InChI is InChI=1S/C31H24ClN3O6S2/c1-16-13-21-14-19(11-12-23(21)41-16)26(36)24-25(17-7-9-18(10-8-17)29(39)40-2)35(28(38)27(24)37)30-33-34-31(43-30)42-15-20-5-3-4-6-22(20)32/h3-12,14,16,25,36H,13,15H2,1-2H3/b26-24+/t16-,25+/m0/s1. The summed E-state index contributed by atoms with van der Waals surface area (Å²) in [6.07, 6.45) is 0.650. The zero-order chi connectivity index (χ0) is 30.2. The smallest absolute Gasteiger partial charge is 0.337 e. The molecule has 1 N–H and O–H groups in total. The van der Waals surface area contributed by atoms with Gasteiger partial charge in [0.1, 0.15) is 17.6 Å². The summed E-state index contributed by atoms with van der Waals surface area (Å²) in [6, 6.07) is 18.0. The topological polar surface area (TPSA) is 119 Å². The molecule has 218 valence electrons. The number of anilines is 1. The van der Waals surface area contributed by atoms with Crippen LogP contribution in [0.3, 0.4) is 0 Å². The maximum Gasteiger partial charge on any atom is 0.337 e. The van der Waals surface area contributed by atoms with Crippen LogP contribution in [0.25, 0.3) is 5.76 Å². The monoisotopic (exact) mass is 633 g/mol. The van der Waals surface area contributed by atoms with Gasteiger partial charge in [-0.25, -0.2) is 4.79 Å². The van der Waals surface area contributed by atoms with Gasteiger partial charge in [-0.1, -0.05) is 65.0 Å². The number of rotatable bonds is 7. The summed E-state index contributed by atoms with van der Waals surface area (Å²) in [7, 11) is 1.28. The van der Waals surface area contributed by atoms with E-state index in [4.69, 9.17) is 21.1 Å². The second kappa shape index (κ2) is 11.8. The Bertz CT molecular complexity index is 1790. The van der Waals surface area contributed by atoms with Gasteiger partial charge in [0.05, 0.1) is 24.3 Å². The Morgan fingerprint density at radius 2 is 1.86 bits per heavy atom. The zero-order valence-corrected chi connectivity index (χ0v) is 25.3. The summed E-state index contributed by atoms with van der Waals surface area (Å²) < 4.78 is 11.2. The van der Waals surface area contributed by atoms with Crippen LogP contribution in [0, 0.1) is 0 Å². The van der Waals surface area contributed by atoms with E-state index in [0.29, 0.717) is 38.2 Å². The molecule has 1 saturated heterocycles. The highest BCUT2D eigenvalue weighted by molar-refractivity contribution is 8.00. The van der Waals surface area contributed by atoms with Crippen molar-refractivity contribution in [2.75, 3.05) is 12.0 Å². The molecule has 43 heavy (non-hydrogen) atoms. The predicted octanol–water partition coefficient (Wildman–Crippen LogP) is 6.22. The molecule has 1 fully saturated rings. The lowest BCUT2D eigenvalue weighted by Gasteiger charge is -2.22. The van der Waals surface area contributed by atoms with Gasteiger partial charge in [-0.3, -0.25) is 14.5 Å². The van der Waals surface area contributed by atoms with E-state index in [1.807, 2.05) is 31.2 Å². The molecule has 0 saturated carbocycles. The van der Waals surface area contributed by atoms with E-state index in [1.165, 1.54) is 23.8 Å². The number of methoxy groups -OCH3 is 1. The van der Waals surface area contributed by atoms with Gasteiger partial charge in [-0.05, 0) is 60.0 Å². The Labute approximate surface area is 260 Å². The summed E-state index contributed by atoms with van der Waals surface area (Å²) in [4.78, 5) is 40.5. The van der Waals surface area contributed by atoms with Crippen molar-refractivity contribution in [3.8, 4) is 5.75 Å².